The molecule has 3 aromatic rings. The monoisotopic (exact) mass is 492 g/mol. The Kier molecular flexibility index (Phi) is 5.98. The summed E-state index contributed by atoms with van der Waals surface area (Å²) >= 11 is 0. The van der Waals surface area contributed by atoms with Crippen molar-refractivity contribution in [3.8, 4) is 22.8 Å². The van der Waals surface area contributed by atoms with Crippen LogP contribution in [0, 0.1) is 5.41 Å². The number of morpholine rings is 1. The van der Waals surface area contributed by atoms with E-state index in [-0.39, 0.29) is 0 Å². The first kappa shape index (κ1) is 22.5. The van der Waals surface area contributed by atoms with E-state index in [9.17, 15) is 4.21 Å². The molecule has 3 fully saturated rings. The lowest BCUT2D eigenvalue weighted by atomic mass is 9.93. The van der Waals surface area contributed by atoms with E-state index in [0.29, 0.717) is 5.41 Å². The Bertz CT molecular complexity index is 1220. The van der Waals surface area contributed by atoms with Gasteiger partial charge in [-0.15, -0.1) is 0 Å². The maximum atomic E-state index is 11.8. The van der Waals surface area contributed by atoms with E-state index in [2.05, 4.69) is 31.6 Å². The number of H-pyrrole nitrogens is 1. The van der Waals surface area contributed by atoms with Crippen molar-refractivity contribution in [1.29, 1.82) is 0 Å². The molecule has 1 saturated carbocycles. The molecule has 0 amide bonds. The molecule has 2 aliphatic heterocycles. The minimum Gasteiger partial charge on any atom is -0.378 e. The largest absolute Gasteiger partial charge is 0.378 e. The highest BCUT2D eigenvalue weighted by atomic mass is 32.2. The second-order valence-corrected chi connectivity index (χ2v) is 11.0. The molecule has 2 N–H and O–H groups in total. The van der Waals surface area contributed by atoms with Gasteiger partial charge in [-0.05, 0) is 61.4 Å². The summed E-state index contributed by atoms with van der Waals surface area (Å²) < 4.78 is 20.3. The van der Waals surface area contributed by atoms with E-state index in [4.69, 9.17) is 14.7 Å². The third-order valence-corrected chi connectivity index (χ3v) is 8.08. The van der Waals surface area contributed by atoms with E-state index in [1.807, 2.05) is 30.5 Å². The number of benzene rings is 1. The van der Waals surface area contributed by atoms with Gasteiger partial charge in [0, 0.05) is 49.4 Å². The molecule has 2 saturated heterocycles. The fourth-order valence-electron chi connectivity index (χ4n) is 5.26. The standard InChI is InChI=1S/C26H32N6O2S/c1-35(33)30-19-5-6-20(23(17-19)31-11-9-26(7-8-26)10-12-31)22-18-27-25(29-22)21-3-2-4-24(28-21)32-13-15-34-16-14-32/h2-6,17-18,30H,7-16H2,1H3,(H,27,29). The molecule has 1 atom stereocenters. The summed E-state index contributed by atoms with van der Waals surface area (Å²) in [5.74, 6) is 1.71. The van der Waals surface area contributed by atoms with E-state index in [1.54, 1.807) is 6.26 Å². The van der Waals surface area contributed by atoms with Crippen LogP contribution in [0.5, 0.6) is 0 Å². The molecule has 1 aromatic carbocycles. The molecular weight excluding hydrogens is 460 g/mol. The maximum Gasteiger partial charge on any atom is 0.156 e. The van der Waals surface area contributed by atoms with E-state index in [1.165, 1.54) is 25.7 Å². The molecule has 0 bridgehead atoms. The lowest BCUT2D eigenvalue weighted by molar-refractivity contribution is 0.122. The number of rotatable bonds is 6. The van der Waals surface area contributed by atoms with Gasteiger partial charge in [0.25, 0.3) is 0 Å². The van der Waals surface area contributed by atoms with Gasteiger partial charge in [0.2, 0.25) is 0 Å². The highest BCUT2D eigenvalue weighted by Gasteiger charge is 2.44. The van der Waals surface area contributed by atoms with Crippen LogP contribution in [0.15, 0.2) is 42.6 Å². The van der Waals surface area contributed by atoms with Crippen molar-refractivity contribution in [3.05, 3.63) is 42.6 Å². The van der Waals surface area contributed by atoms with Crippen molar-refractivity contribution in [2.75, 3.05) is 60.2 Å². The van der Waals surface area contributed by atoms with Crippen LogP contribution in [0.2, 0.25) is 0 Å². The molecule has 184 valence electrons. The van der Waals surface area contributed by atoms with Crippen molar-refractivity contribution in [2.45, 2.75) is 25.7 Å². The number of nitrogens with zero attached hydrogens (tertiary/aromatic N) is 4. The Balaban J connectivity index is 1.30. The number of hydrogen-bond donors (Lipinski definition) is 2. The summed E-state index contributed by atoms with van der Waals surface area (Å²) in [5, 5.41) is 0. The first-order valence-corrected chi connectivity index (χ1v) is 14.0. The fourth-order valence-corrected chi connectivity index (χ4v) is 5.72. The molecule has 9 heteroatoms. The predicted molar refractivity (Wildman–Crippen MR) is 141 cm³/mol. The van der Waals surface area contributed by atoms with E-state index < -0.39 is 11.0 Å². The molecule has 35 heavy (non-hydrogen) atoms. The van der Waals surface area contributed by atoms with Crippen LogP contribution in [0.25, 0.3) is 22.8 Å². The molecular formula is C26H32N6O2S. The Labute approximate surface area is 208 Å². The minimum absolute atomic E-state index is 0.607. The van der Waals surface area contributed by atoms with Gasteiger partial charge in [-0.25, -0.2) is 14.2 Å². The first-order valence-electron chi connectivity index (χ1n) is 12.4. The van der Waals surface area contributed by atoms with Crippen LogP contribution in [-0.4, -0.2) is 64.8 Å². The third-order valence-electron chi connectivity index (χ3n) is 7.56. The number of pyridine rings is 1. The van der Waals surface area contributed by atoms with Crippen LogP contribution < -0.4 is 14.5 Å². The molecule has 4 heterocycles. The second kappa shape index (κ2) is 9.28. The van der Waals surface area contributed by atoms with Gasteiger partial charge in [0.15, 0.2) is 5.82 Å². The van der Waals surface area contributed by atoms with Gasteiger partial charge in [0.1, 0.15) is 22.5 Å². The van der Waals surface area contributed by atoms with Gasteiger partial charge in [-0.1, -0.05) is 6.07 Å². The Morgan fingerprint density at radius 2 is 1.83 bits per heavy atom. The lowest BCUT2D eigenvalue weighted by Crippen LogP contribution is -2.36. The van der Waals surface area contributed by atoms with Crippen LogP contribution >= 0.6 is 0 Å². The van der Waals surface area contributed by atoms with Crippen molar-refractivity contribution >= 4 is 28.2 Å². The summed E-state index contributed by atoms with van der Waals surface area (Å²) in [6.45, 7) is 5.26. The molecule has 2 aromatic heterocycles. The number of nitrogens with one attached hydrogen (secondary N) is 2. The van der Waals surface area contributed by atoms with Crippen molar-refractivity contribution in [1.82, 2.24) is 15.0 Å². The smallest absolute Gasteiger partial charge is 0.156 e. The van der Waals surface area contributed by atoms with E-state index in [0.717, 1.165) is 79.4 Å². The van der Waals surface area contributed by atoms with Crippen LogP contribution in [-0.2, 0) is 15.7 Å². The quantitative estimate of drug-likeness (QED) is 0.540. The minimum atomic E-state index is -1.12. The zero-order valence-corrected chi connectivity index (χ0v) is 20.9. The predicted octanol–water partition coefficient (Wildman–Crippen LogP) is 4.06. The molecule has 1 aliphatic carbocycles. The van der Waals surface area contributed by atoms with Gasteiger partial charge in [-0.3, -0.25) is 0 Å². The summed E-state index contributed by atoms with van der Waals surface area (Å²) in [6, 6.07) is 12.3. The molecule has 6 rings (SSSR count). The number of aromatic nitrogens is 3. The molecule has 8 nitrogen and oxygen atoms in total. The molecule has 3 aliphatic rings. The van der Waals surface area contributed by atoms with Gasteiger partial charge >= 0.3 is 0 Å². The average Bonchev–Trinajstić information content (AvgIpc) is 3.45. The zero-order valence-electron chi connectivity index (χ0n) is 20.1. The van der Waals surface area contributed by atoms with Crippen molar-refractivity contribution < 1.29 is 8.95 Å². The van der Waals surface area contributed by atoms with Crippen LogP contribution in [0.4, 0.5) is 17.2 Å². The number of hydrogen-bond acceptors (Lipinski definition) is 6. The number of piperidine rings is 1. The summed E-state index contributed by atoms with van der Waals surface area (Å²) in [6.07, 6.45) is 8.81. The number of aromatic amines is 1. The van der Waals surface area contributed by atoms with Crippen LogP contribution in [0.3, 0.4) is 0 Å². The van der Waals surface area contributed by atoms with Gasteiger partial charge < -0.3 is 24.2 Å². The second-order valence-electron chi connectivity index (χ2n) is 9.90. The number of imidazole rings is 1. The molecule has 1 spiro atoms. The van der Waals surface area contributed by atoms with Crippen LogP contribution in [0.1, 0.15) is 25.7 Å². The highest BCUT2D eigenvalue weighted by Crippen LogP contribution is 2.54. The normalized spacial score (nSPS) is 20.1. The average molecular weight is 493 g/mol. The number of anilines is 3. The Morgan fingerprint density at radius 1 is 1.03 bits per heavy atom. The highest BCUT2D eigenvalue weighted by molar-refractivity contribution is 7.85. The maximum absolute atomic E-state index is 11.8. The van der Waals surface area contributed by atoms with Crippen molar-refractivity contribution in [2.24, 2.45) is 5.41 Å². The Morgan fingerprint density at radius 3 is 2.57 bits per heavy atom. The third kappa shape index (κ3) is 4.79. The van der Waals surface area contributed by atoms with Gasteiger partial charge in [-0.2, -0.15) is 0 Å². The lowest BCUT2D eigenvalue weighted by Gasteiger charge is -2.35. The zero-order chi connectivity index (χ0) is 23.8. The van der Waals surface area contributed by atoms with E-state index >= 15 is 0 Å². The topological polar surface area (TPSA) is 86.4 Å². The van der Waals surface area contributed by atoms with Gasteiger partial charge in [0.05, 0.1) is 25.1 Å². The SMILES string of the molecule is CS(=O)Nc1ccc(-c2cnc(-c3cccc(N4CCOCC4)n3)[nH]2)c(N2CCC3(CC2)CC3)c1. The fraction of sp³-hybridized carbons (Fsp3) is 0.462. The van der Waals surface area contributed by atoms with Crippen molar-refractivity contribution in [3.63, 3.8) is 0 Å². The summed E-state index contributed by atoms with van der Waals surface area (Å²) in [4.78, 5) is 17.8. The summed E-state index contributed by atoms with van der Waals surface area (Å²) in [5.41, 5.74) is 5.53. The number of ether oxygens (including phenoxy) is 1. The molecule has 1 unspecified atom stereocenters. The molecule has 0 radical (unpaired) electrons. The summed E-state index contributed by atoms with van der Waals surface area (Å²) in [7, 11) is -1.12. The first-order chi connectivity index (χ1) is 17.1. The Hall–Kier alpha value is -2.91.